The number of phenolic OH excluding ortho intramolecular Hbond substituents is 2. The molecule has 0 aliphatic carbocycles. The zero-order chi connectivity index (χ0) is 9.14. The molecular formula is C7H6O5. The Hall–Kier alpha value is -1.91. The van der Waals surface area contributed by atoms with E-state index in [1.54, 1.807) is 0 Å². The fraction of sp³-hybridized carbons (Fsp3) is 0. The number of rotatable bonds is 1. The van der Waals surface area contributed by atoms with Crippen molar-refractivity contribution in [3.8, 4) is 17.2 Å². The highest BCUT2D eigenvalue weighted by Gasteiger charge is 2.11. The first-order chi connectivity index (χ1) is 5.61. The average Bonchev–Trinajstić information content (AvgIpc) is 1.97. The summed E-state index contributed by atoms with van der Waals surface area (Å²) in [7, 11) is 0. The number of para-hydroxylation sites is 1. The Kier molecular flexibility index (Phi) is 2.05. The van der Waals surface area contributed by atoms with Crippen molar-refractivity contribution in [3.05, 3.63) is 18.2 Å². The van der Waals surface area contributed by atoms with E-state index in [9.17, 15) is 4.79 Å². The van der Waals surface area contributed by atoms with Gasteiger partial charge in [-0.15, -0.1) is 0 Å². The van der Waals surface area contributed by atoms with E-state index in [0.29, 0.717) is 0 Å². The molecular weight excluding hydrogens is 164 g/mol. The van der Waals surface area contributed by atoms with Crippen molar-refractivity contribution in [2.24, 2.45) is 0 Å². The molecule has 5 heteroatoms. The van der Waals surface area contributed by atoms with Gasteiger partial charge in [0.25, 0.3) is 0 Å². The molecule has 0 unspecified atom stereocenters. The minimum atomic E-state index is -1.59. The van der Waals surface area contributed by atoms with Gasteiger partial charge in [-0.3, -0.25) is 0 Å². The highest BCUT2D eigenvalue weighted by atomic mass is 16.7. The van der Waals surface area contributed by atoms with Crippen LogP contribution in [0.15, 0.2) is 18.2 Å². The van der Waals surface area contributed by atoms with Crippen LogP contribution in [0.1, 0.15) is 0 Å². The van der Waals surface area contributed by atoms with Gasteiger partial charge in [-0.05, 0) is 12.1 Å². The fourth-order valence-electron chi connectivity index (χ4n) is 0.705. The molecule has 0 aliphatic rings. The lowest BCUT2D eigenvalue weighted by atomic mass is 10.3. The number of hydrogen-bond donors (Lipinski definition) is 3. The lowest BCUT2D eigenvalue weighted by Crippen LogP contribution is -2.03. The minimum Gasteiger partial charge on any atom is -0.504 e. The Morgan fingerprint density at radius 2 is 1.75 bits per heavy atom. The number of benzene rings is 1. The molecule has 12 heavy (non-hydrogen) atoms. The van der Waals surface area contributed by atoms with E-state index in [0.717, 1.165) is 0 Å². The van der Waals surface area contributed by atoms with Crippen LogP contribution in [0.2, 0.25) is 0 Å². The maximum atomic E-state index is 10.0. The van der Waals surface area contributed by atoms with E-state index in [2.05, 4.69) is 4.74 Å². The molecule has 3 N–H and O–H groups in total. The Morgan fingerprint density at radius 1 is 1.25 bits per heavy atom. The van der Waals surface area contributed by atoms with E-state index in [1.165, 1.54) is 18.2 Å². The lowest BCUT2D eigenvalue weighted by Gasteiger charge is -2.03. The van der Waals surface area contributed by atoms with Crippen LogP contribution in [0.4, 0.5) is 4.79 Å². The van der Waals surface area contributed by atoms with Crippen LogP contribution in [0.3, 0.4) is 0 Å². The van der Waals surface area contributed by atoms with E-state index >= 15 is 0 Å². The Labute approximate surface area is 67.5 Å². The van der Waals surface area contributed by atoms with Crippen LogP contribution in [-0.2, 0) is 0 Å². The summed E-state index contributed by atoms with van der Waals surface area (Å²) in [6, 6.07) is 3.77. The zero-order valence-electron chi connectivity index (χ0n) is 5.89. The number of ether oxygens (including phenoxy) is 1. The van der Waals surface area contributed by atoms with E-state index in [-0.39, 0.29) is 0 Å². The smallest absolute Gasteiger partial charge is 0.504 e. The third-order valence-corrected chi connectivity index (χ3v) is 1.16. The predicted octanol–water partition coefficient (Wildman–Crippen LogP) is 1.15. The van der Waals surface area contributed by atoms with Crippen LogP contribution >= 0.6 is 0 Å². The van der Waals surface area contributed by atoms with Crippen molar-refractivity contribution in [2.75, 3.05) is 0 Å². The van der Waals surface area contributed by atoms with Crippen molar-refractivity contribution in [1.82, 2.24) is 0 Å². The summed E-state index contributed by atoms with van der Waals surface area (Å²) in [4.78, 5) is 10.0. The third kappa shape index (κ3) is 1.57. The topological polar surface area (TPSA) is 87.0 Å². The first-order valence-electron chi connectivity index (χ1n) is 3.03. The van der Waals surface area contributed by atoms with Crippen molar-refractivity contribution >= 4 is 6.16 Å². The molecule has 0 aliphatic heterocycles. The van der Waals surface area contributed by atoms with Gasteiger partial charge in [0.2, 0.25) is 5.75 Å². The molecule has 0 fully saturated rings. The van der Waals surface area contributed by atoms with Gasteiger partial charge in [-0.25, -0.2) is 4.79 Å². The Morgan fingerprint density at radius 3 is 2.17 bits per heavy atom. The number of hydrogen-bond acceptors (Lipinski definition) is 4. The van der Waals surface area contributed by atoms with Crippen molar-refractivity contribution in [2.45, 2.75) is 0 Å². The van der Waals surface area contributed by atoms with Gasteiger partial charge >= 0.3 is 6.16 Å². The summed E-state index contributed by atoms with van der Waals surface area (Å²) in [5.41, 5.74) is 0. The van der Waals surface area contributed by atoms with Crippen molar-refractivity contribution in [3.63, 3.8) is 0 Å². The summed E-state index contributed by atoms with van der Waals surface area (Å²) < 4.78 is 4.09. The maximum absolute atomic E-state index is 10.0. The highest BCUT2D eigenvalue weighted by Crippen LogP contribution is 2.34. The summed E-state index contributed by atoms with van der Waals surface area (Å²) in [5, 5.41) is 26.2. The van der Waals surface area contributed by atoms with Crippen LogP contribution in [-0.4, -0.2) is 21.5 Å². The molecule has 0 saturated carbocycles. The van der Waals surface area contributed by atoms with Gasteiger partial charge in [0.15, 0.2) is 11.5 Å². The second kappa shape index (κ2) is 3.00. The van der Waals surface area contributed by atoms with E-state index in [4.69, 9.17) is 15.3 Å². The van der Waals surface area contributed by atoms with E-state index in [1.807, 2.05) is 0 Å². The maximum Gasteiger partial charge on any atom is 0.511 e. The summed E-state index contributed by atoms with van der Waals surface area (Å²) >= 11 is 0. The molecule has 0 bridgehead atoms. The zero-order valence-corrected chi connectivity index (χ0v) is 5.89. The first kappa shape index (κ1) is 8.19. The molecule has 0 radical (unpaired) electrons. The first-order valence-corrected chi connectivity index (χ1v) is 3.03. The Balaban J connectivity index is 3.04. The molecule has 0 heterocycles. The number of aromatic hydroxyl groups is 2. The lowest BCUT2D eigenvalue weighted by molar-refractivity contribution is 0.141. The third-order valence-electron chi connectivity index (χ3n) is 1.16. The van der Waals surface area contributed by atoms with Crippen LogP contribution in [0.5, 0.6) is 17.2 Å². The number of phenols is 2. The number of carbonyl (C=O) groups is 1. The molecule has 1 aromatic rings. The monoisotopic (exact) mass is 170 g/mol. The molecule has 1 rings (SSSR count). The van der Waals surface area contributed by atoms with Gasteiger partial charge < -0.3 is 20.1 Å². The van der Waals surface area contributed by atoms with Gasteiger partial charge in [-0.1, -0.05) is 6.07 Å². The van der Waals surface area contributed by atoms with Gasteiger partial charge in [0.1, 0.15) is 0 Å². The van der Waals surface area contributed by atoms with E-state index < -0.39 is 23.4 Å². The van der Waals surface area contributed by atoms with Crippen molar-refractivity contribution in [1.29, 1.82) is 0 Å². The Bertz CT molecular complexity index is 286. The number of carboxylic acid groups (broad SMARTS) is 1. The summed E-state index contributed by atoms with van der Waals surface area (Å²) in [6.07, 6.45) is -1.59. The molecule has 0 amide bonds. The molecule has 5 nitrogen and oxygen atoms in total. The van der Waals surface area contributed by atoms with Gasteiger partial charge in [0.05, 0.1) is 0 Å². The minimum absolute atomic E-state index is 0.419. The predicted molar refractivity (Wildman–Crippen MR) is 38.4 cm³/mol. The molecule has 64 valence electrons. The second-order valence-electron chi connectivity index (χ2n) is 1.99. The quantitative estimate of drug-likeness (QED) is 0.434. The van der Waals surface area contributed by atoms with Gasteiger partial charge in [-0.2, -0.15) is 0 Å². The molecule has 0 saturated heterocycles. The van der Waals surface area contributed by atoms with Crippen molar-refractivity contribution < 1.29 is 24.9 Å². The molecule has 1 aromatic carbocycles. The molecule has 0 aromatic heterocycles. The SMILES string of the molecule is O=C(O)Oc1c(O)cccc1O. The van der Waals surface area contributed by atoms with Gasteiger partial charge in [0, 0.05) is 0 Å². The summed E-state index contributed by atoms with van der Waals surface area (Å²) in [6.45, 7) is 0. The second-order valence-corrected chi connectivity index (χ2v) is 1.99. The van der Waals surface area contributed by atoms with Crippen LogP contribution in [0.25, 0.3) is 0 Å². The standard InChI is InChI=1S/C7H6O5/c8-4-2-1-3-5(9)6(4)12-7(10)11/h1-3,8-9H,(H,10,11). The average molecular weight is 170 g/mol. The van der Waals surface area contributed by atoms with Crippen LogP contribution in [0, 0.1) is 0 Å². The van der Waals surface area contributed by atoms with Crippen LogP contribution < -0.4 is 4.74 Å². The molecule has 0 atom stereocenters. The fourth-order valence-corrected chi connectivity index (χ4v) is 0.705. The largest absolute Gasteiger partial charge is 0.511 e. The molecule has 0 spiro atoms. The summed E-state index contributed by atoms with van der Waals surface area (Å²) in [5.74, 6) is -1.29. The highest BCUT2D eigenvalue weighted by molar-refractivity contribution is 5.65. The normalized spacial score (nSPS) is 9.33.